The number of hydrogen-bond acceptors (Lipinski definition) is 4. The van der Waals surface area contributed by atoms with E-state index in [2.05, 4.69) is 17.1 Å². The Morgan fingerprint density at radius 2 is 2.11 bits per heavy atom. The van der Waals surface area contributed by atoms with E-state index in [-0.39, 0.29) is 11.7 Å². The fourth-order valence-electron chi connectivity index (χ4n) is 3.79. The van der Waals surface area contributed by atoms with Crippen molar-refractivity contribution in [3.63, 3.8) is 0 Å². The Bertz CT molecular complexity index is 794. The summed E-state index contributed by atoms with van der Waals surface area (Å²) < 4.78 is 7.46. The maximum Gasteiger partial charge on any atom is 0.252 e. The van der Waals surface area contributed by atoms with Gasteiger partial charge in [0.25, 0.3) is 5.91 Å². The van der Waals surface area contributed by atoms with Crippen LogP contribution in [-0.2, 0) is 18.3 Å². The molecule has 1 fully saturated rings. The molecule has 2 heterocycles. The average molecular weight is 371 g/mol. The summed E-state index contributed by atoms with van der Waals surface area (Å²) >= 11 is 0. The minimum Gasteiger partial charge on any atom is -0.508 e. The van der Waals surface area contributed by atoms with Crippen LogP contribution in [0.4, 0.5) is 5.69 Å². The van der Waals surface area contributed by atoms with Crippen molar-refractivity contribution < 1.29 is 14.6 Å². The average Bonchev–Trinajstić information content (AvgIpc) is 3.08. The smallest absolute Gasteiger partial charge is 0.252 e. The predicted octanol–water partition coefficient (Wildman–Crippen LogP) is 2.97. The van der Waals surface area contributed by atoms with E-state index in [4.69, 9.17) is 4.74 Å². The number of phenolic OH excluding ortho intramolecular Hbond substituents is 1. The molecule has 27 heavy (non-hydrogen) atoms. The van der Waals surface area contributed by atoms with Gasteiger partial charge in [-0.1, -0.05) is 0 Å². The van der Waals surface area contributed by atoms with Crippen LogP contribution in [0.5, 0.6) is 5.75 Å². The molecule has 0 bridgehead atoms. The highest BCUT2D eigenvalue weighted by molar-refractivity contribution is 5.97. The Kier molecular flexibility index (Phi) is 6.06. The number of anilines is 1. The normalized spacial score (nSPS) is 14.9. The van der Waals surface area contributed by atoms with Crippen LogP contribution in [0.25, 0.3) is 0 Å². The molecule has 0 atom stereocenters. The van der Waals surface area contributed by atoms with Gasteiger partial charge in [0.05, 0.1) is 6.54 Å². The summed E-state index contributed by atoms with van der Waals surface area (Å²) in [5.74, 6) is -0.0565. The van der Waals surface area contributed by atoms with Gasteiger partial charge < -0.3 is 24.6 Å². The van der Waals surface area contributed by atoms with Crippen molar-refractivity contribution in [2.24, 2.45) is 7.05 Å². The number of carbonyl (C=O) groups excluding carboxylic acids is 1. The van der Waals surface area contributed by atoms with Crippen LogP contribution >= 0.6 is 0 Å². The molecule has 146 valence electrons. The van der Waals surface area contributed by atoms with E-state index in [1.807, 2.05) is 36.9 Å². The standard InChI is InChI=1S/C21H29N3O3/c1-4-24(16-7-10-27-11-8-16)20-13-18(25)12-19(15(20)2)21(26)22-14-17-6-5-9-23(17)3/h5-6,9,12-13,16,25H,4,7-8,10-11,14H2,1-3H3,(H,22,26). The Labute approximate surface area is 160 Å². The molecule has 1 aromatic carbocycles. The van der Waals surface area contributed by atoms with E-state index in [1.165, 1.54) is 0 Å². The van der Waals surface area contributed by atoms with Crippen LogP contribution in [0.3, 0.4) is 0 Å². The quantitative estimate of drug-likeness (QED) is 0.819. The molecule has 0 radical (unpaired) electrons. The number of hydrogen-bond donors (Lipinski definition) is 2. The van der Waals surface area contributed by atoms with Crippen molar-refractivity contribution in [1.82, 2.24) is 9.88 Å². The predicted molar refractivity (Wildman–Crippen MR) is 106 cm³/mol. The van der Waals surface area contributed by atoms with Crippen molar-refractivity contribution in [2.45, 2.75) is 39.3 Å². The molecule has 2 N–H and O–H groups in total. The zero-order valence-electron chi connectivity index (χ0n) is 16.4. The number of benzene rings is 1. The maximum atomic E-state index is 12.8. The number of nitrogens with zero attached hydrogens (tertiary/aromatic N) is 2. The zero-order chi connectivity index (χ0) is 19.4. The summed E-state index contributed by atoms with van der Waals surface area (Å²) in [6.45, 7) is 6.83. The second kappa shape index (κ2) is 8.48. The number of aryl methyl sites for hydroxylation is 1. The molecule has 0 unspecified atom stereocenters. The Hall–Kier alpha value is -2.47. The van der Waals surface area contributed by atoms with Crippen molar-refractivity contribution in [3.05, 3.63) is 47.3 Å². The SMILES string of the molecule is CCN(c1cc(O)cc(C(=O)NCc2cccn2C)c1C)C1CCOCC1. The lowest BCUT2D eigenvalue weighted by atomic mass is 10.0. The third kappa shape index (κ3) is 4.27. The molecular formula is C21H29N3O3. The van der Waals surface area contributed by atoms with E-state index in [0.717, 1.165) is 49.5 Å². The van der Waals surface area contributed by atoms with Crippen LogP contribution in [0.1, 0.15) is 41.4 Å². The monoisotopic (exact) mass is 371 g/mol. The van der Waals surface area contributed by atoms with Gasteiger partial charge in [-0.15, -0.1) is 0 Å². The molecule has 3 rings (SSSR count). The highest BCUT2D eigenvalue weighted by Gasteiger charge is 2.24. The second-order valence-corrected chi connectivity index (χ2v) is 7.06. The molecule has 1 saturated heterocycles. The molecule has 0 spiro atoms. The van der Waals surface area contributed by atoms with Crippen molar-refractivity contribution in [3.8, 4) is 5.75 Å². The van der Waals surface area contributed by atoms with Gasteiger partial charge in [0.1, 0.15) is 5.75 Å². The highest BCUT2D eigenvalue weighted by Crippen LogP contribution is 2.32. The van der Waals surface area contributed by atoms with Crippen molar-refractivity contribution >= 4 is 11.6 Å². The number of aromatic nitrogens is 1. The summed E-state index contributed by atoms with van der Waals surface area (Å²) in [5, 5.41) is 13.2. The number of phenols is 1. The fraction of sp³-hybridized carbons (Fsp3) is 0.476. The minimum atomic E-state index is -0.172. The molecule has 2 aromatic rings. The Morgan fingerprint density at radius 1 is 1.37 bits per heavy atom. The lowest BCUT2D eigenvalue weighted by molar-refractivity contribution is 0.0845. The maximum absolute atomic E-state index is 12.8. The van der Waals surface area contributed by atoms with Crippen LogP contribution in [-0.4, -0.2) is 41.4 Å². The van der Waals surface area contributed by atoms with E-state index in [9.17, 15) is 9.90 Å². The van der Waals surface area contributed by atoms with Gasteiger partial charge in [-0.05, 0) is 50.5 Å². The van der Waals surface area contributed by atoms with Crippen molar-refractivity contribution in [1.29, 1.82) is 0 Å². The number of carbonyl (C=O) groups is 1. The number of aromatic hydroxyl groups is 1. The van der Waals surface area contributed by atoms with Gasteiger partial charge >= 0.3 is 0 Å². The molecule has 0 saturated carbocycles. The molecular weight excluding hydrogens is 342 g/mol. The number of nitrogens with one attached hydrogen (secondary N) is 1. The number of rotatable bonds is 6. The lowest BCUT2D eigenvalue weighted by Gasteiger charge is -2.36. The van der Waals surface area contributed by atoms with Crippen LogP contribution < -0.4 is 10.2 Å². The first kappa shape index (κ1) is 19.3. The number of amides is 1. The lowest BCUT2D eigenvalue weighted by Crippen LogP contribution is -2.40. The van der Waals surface area contributed by atoms with Gasteiger partial charge in [0, 0.05) is 62.1 Å². The highest BCUT2D eigenvalue weighted by atomic mass is 16.5. The topological polar surface area (TPSA) is 66.7 Å². The van der Waals surface area contributed by atoms with Crippen LogP contribution in [0.15, 0.2) is 30.5 Å². The summed E-state index contributed by atoms with van der Waals surface area (Å²) in [6.07, 6.45) is 3.86. The van der Waals surface area contributed by atoms with Gasteiger partial charge in [0.2, 0.25) is 0 Å². The fourth-order valence-corrected chi connectivity index (χ4v) is 3.79. The Morgan fingerprint density at radius 3 is 2.74 bits per heavy atom. The molecule has 1 amide bonds. The molecule has 0 aliphatic carbocycles. The minimum absolute atomic E-state index is 0.116. The Balaban J connectivity index is 1.83. The summed E-state index contributed by atoms with van der Waals surface area (Å²) in [4.78, 5) is 15.1. The first-order valence-corrected chi connectivity index (χ1v) is 9.57. The third-order valence-corrected chi connectivity index (χ3v) is 5.37. The summed E-state index contributed by atoms with van der Waals surface area (Å²) in [5.41, 5.74) is 3.36. The number of ether oxygens (including phenoxy) is 1. The largest absolute Gasteiger partial charge is 0.508 e. The van der Waals surface area contributed by atoms with Gasteiger partial charge in [-0.25, -0.2) is 0 Å². The summed E-state index contributed by atoms with van der Waals surface area (Å²) in [7, 11) is 1.95. The van der Waals surface area contributed by atoms with Crippen molar-refractivity contribution in [2.75, 3.05) is 24.7 Å². The molecule has 1 aliphatic rings. The third-order valence-electron chi connectivity index (χ3n) is 5.37. The van der Waals surface area contributed by atoms with E-state index < -0.39 is 0 Å². The van der Waals surface area contributed by atoms with Gasteiger partial charge in [-0.2, -0.15) is 0 Å². The van der Waals surface area contributed by atoms with E-state index in [0.29, 0.717) is 18.2 Å². The zero-order valence-corrected chi connectivity index (χ0v) is 16.4. The first-order chi connectivity index (χ1) is 13.0. The molecule has 6 heteroatoms. The van der Waals surface area contributed by atoms with E-state index in [1.54, 1.807) is 12.1 Å². The van der Waals surface area contributed by atoms with Crippen LogP contribution in [0.2, 0.25) is 0 Å². The second-order valence-electron chi connectivity index (χ2n) is 7.06. The van der Waals surface area contributed by atoms with E-state index >= 15 is 0 Å². The first-order valence-electron chi connectivity index (χ1n) is 9.57. The van der Waals surface area contributed by atoms with Crippen LogP contribution in [0, 0.1) is 6.92 Å². The molecule has 6 nitrogen and oxygen atoms in total. The molecule has 1 aliphatic heterocycles. The summed E-state index contributed by atoms with van der Waals surface area (Å²) in [6, 6.07) is 7.61. The molecule has 1 aromatic heterocycles. The van der Waals surface area contributed by atoms with Gasteiger partial charge in [0.15, 0.2) is 0 Å². The van der Waals surface area contributed by atoms with Gasteiger partial charge in [-0.3, -0.25) is 4.79 Å².